The second-order valence-electron chi connectivity index (χ2n) is 5.67. The zero-order chi connectivity index (χ0) is 18.6. The topological polar surface area (TPSA) is 64.6 Å². The second-order valence-corrected chi connectivity index (χ2v) is 7.35. The van der Waals surface area contributed by atoms with E-state index in [-0.39, 0.29) is 22.1 Å². The molecular weight excluding hydrogens is 345 g/mol. The molecule has 0 aliphatic heterocycles. The highest BCUT2D eigenvalue weighted by Gasteiger charge is 2.19. The molecule has 0 aliphatic rings. The maximum Gasteiger partial charge on any atom is 0.261 e. The number of ether oxygens (including phenoxy) is 2. The Kier molecular flexibility index (Phi) is 5.89. The third-order valence-electron chi connectivity index (χ3n) is 4.09. The van der Waals surface area contributed by atoms with Crippen LogP contribution in [0.3, 0.4) is 0 Å². The van der Waals surface area contributed by atoms with Crippen LogP contribution in [0.25, 0.3) is 0 Å². The highest BCUT2D eigenvalue weighted by Crippen LogP contribution is 2.33. The Hall–Kier alpha value is -2.28. The van der Waals surface area contributed by atoms with Crippen LogP contribution >= 0.6 is 0 Å². The Morgan fingerprint density at radius 2 is 1.64 bits per heavy atom. The Bertz CT molecular complexity index is 835. The molecule has 7 heteroatoms. The molecule has 0 saturated heterocycles. The van der Waals surface area contributed by atoms with Gasteiger partial charge in [0.25, 0.3) is 10.0 Å². The quantitative estimate of drug-likeness (QED) is 0.798. The van der Waals surface area contributed by atoms with Crippen molar-refractivity contribution in [3.63, 3.8) is 0 Å². The van der Waals surface area contributed by atoms with E-state index in [4.69, 9.17) is 9.47 Å². The van der Waals surface area contributed by atoms with Crippen molar-refractivity contribution in [2.45, 2.75) is 31.1 Å². The minimum absolute atomic E-state index is 0.0636. The Morgan fingerprint density at radius 3 is 2.16 bits per heavy atom. The van der Waals surface area contributed by atoms with Crippen molar-refractivity contribution in [1.29, 1.82) is 0 Å². The van der Waals surface area contributed by atoms with E-state index in [0.717, 1.165) is 18.1 Å². The number of methoxy groups -OCH3 is 2. The van der Waals surface area contributed by atoms with E-state index in [1.807, 2.05) is 0 Å². The van der Waals surface area contributed by atoms with Gasteiger partial charge in [0.2, 0.25) is 0 Å². The summed E-state index contributed by atoms with van der Waals surface area (Å²) in [6.07, 6.45) is 0.960. The first-order valence-corrected chi connectivity index (χ1v) is 9.35. The van der Waals surface area contributed by atoms with Crippen molar-refractivity contribution in [2.75, 3.05) is 18.9 Å². The average molecular weight is 367 g/mol. The Balaban J connectivity index is 2.32. The van der Waals surface area contributed by atoms with E-state index in [0.29, 0.717) is 5.92 Å². The molecule has 136 valence electrons. The van der Waals surface area contributed by atoms with Crippen molar-refractivity contribution in [1.82, 2.24) is 0 Å². The minimum Gasteiger partial charge on any atom is -0.493 e. The van der Waals surface area contributed by atoms with Crippen LogP contribution in [-0.4, -0.2) is 22.6 Å². The molecule has 1 atom stereocenters. The largest absolute Gasteiger partial charge is 0.493 e. The van der Waals surface area contributed by atoms with Crippen molar-refractivity contribution in [3.05, 3.63) is 47.8 Å². The van der Waals surface area contributed by atoms with Gasteiger partial charge in [0.05, 0.1) is 24.8 Å². The number of sulfonamides is 1. The van der Waals surface area contributed by atoms with E-state index < -0.39 is 15.8 Å². The number of anilines is 1. The molecule has 0 radical (unpaired) electrons. The number of rotatable bonds is 7. The summed E-state index contributed by atoms with van der Waals surface area (Å²) in [4.78, 5) is 0.0636. The van der Waals surface area contributed by atoms with Crippen molar-refractivity contribution < 1.29 is 22.3 Å². The predicted molar refractivity (Wildman–Crippen MR) is 95.5 cm³/mol. The first-order valence-electron chi connectivity index (χ1n) is 7.86. The molecule has 1 N–H and O–H groups in total. The summed E-state index contributed by atoms with van der Waals surface area (Å²) in [6.45, 7) is 4.14. The fraction of sp³-hybridized carbons (Fsp3) is 0.333. The van der Waals surface area contributed by atoms with Crippen LogP contribution in [0.1, 0.15) is 31.7 Å². The van der Waals surface area contributed by atoms with Gasteiger partial charge in [-0.3, -0.25) is 4.72 Å². The van der Waals surface area contributed by atoms with E-state index in [1.165, 1.54) is 32.4 Å². The van der Waals surface area contributed by atoms with Gasteiger partial charge in [0.15, 0.2) is 17.3 Å². The molecule has 25 heavy (non-hydrogen) atoms. The van der Waals surface area contributed by atoms with Gasteiger partial charge in [0.1, 0.15) is 0 Å². The van der Waals surface area contributed by atoms with E-state index in [9.17, 15) is 12.8 Å². The average Bonchev–Trinajstić information content (AvgIpc) is 2.62. The molecule has 0 spiro atoms. The fourth-order valence-corrected chi connectivity index (χ4v) is 3.41. The van der Waals surface area contributed by atoms with Crippen molar-refractivity contribution in [3.8, 4) is 11.5 Å². The van der Waals surface area contributed by atoms with E-state index in [1.54, 1.807) is 12.1 Å². The molecule has 2 rings (SSSR count). The van der Waals surface area contributed by atoms with Crippen LogP contribution in [0.15, 0.2) is 41.3 Å². The van der Waals surface area contributed by atoms with Crippen molar-refractivity contribution in [2.24, 2.45) is 0 Å². The summed E-state index contributed by atoms with van der Waals surface area (Å²) in [6, 6.07) is 8.90. The number of nitrogens with one attached hydrogen (secondary N) is 1. The standard InChI is InChI=1S/C18H22FNO4S/c1-5-12(2)13-6-8-14(9-7-13)25(21,22)20-16-11-18(24-4)17(23-3)10-15(16)19/h6-12,20H,5H2,1-4H3. The van der Waals surface area contributed by atoms with Crippen LogP contribution < -0.4 is 14.2 Å². The van der Waals surface area contributed by atoms with Gasteiger partial charge in [0, 0.05) is 12.1 Å². The van der Waals surface area contributed by atoms with Gasteiger partial charge >= 0.3 is 0 Å². The molecule has 5 nitrogen and oxygen atoms in total. The molecular formula is C18H22FNO4S. The Morgan fingerprint density at radius 1 is 1.08 bits per heavy atom. The number of hydrogen-bond acceptors (Lipinski definition) is 4. The lowest BCUT2D eigenvalue weighted by molar-refractivity contribution is 0.353. The molecule has 2 aromatic rings. The number of benzene rings is 2. The van der Waals surface area contributed by atoms with Crippen molar-refractivity contribution >= 4 is 15.7 Å². The summed E-state index contributed by atoms with van der Waals surface area (Å²) >= 11 is 0. The third kappa shape index (κ3) is 4.22. The fourth-order valence-electron chi connectivity index (χ4n) is 2.35. The molecule has 0 amide bonds. The van der Waals surface area contributed by atoms with Gasteiger partial charge in [-0.25, -0.2) is 12.8 Å². The van der Waals surface area contributed by atoms with Gasteiger partial charge in [-0.05, 0) is 30.0 Å². The monoisotopic (exact) mass is 367 g/mol. The molecule has 1 unspecified atom stereocenters. The zero-order valence-electron chi connectivity index (χ0n) is 14.7. The van der Waals surface area contributed by atoms with Crippen LogP contribution in [0.5, 0.6) is 11.5 Å². The first-order chi connectivity index (χ1) is 11.8. The smallest absolute Gasteiger partial charge is 0.261 e. The molecule has 2 aromatic carbocycles. The number of hydrogen-bond donors (Lipinski definition) is 1. The SMILES string of the molecule is CCC(C)c1ccc(S(=O)(=O)Nc2cc(OC)c(OC)cc2F)cc1. The van der Waals surface area contributed by atoms with Gasteiger partial charge in [-0.2, -0.15) is 0 Å². The van der Waals surface area contributed by atoms with Gasteiger partial charge < -0.3 is 9.47 Å². The molecule has 0 aliphatic carbocycles. The summed E-state index contributed by atoms with van der Waals surface area (Å²) in [7, 11) is -1.15. The third-order valence-corrected chi connectivity index (χ3v) is 5.47. The van der Waals surface area contributed by atoms with Crippen LogP contribution in [0.4, 0.5) is 10.1 Å². The lowest BCUT2D eigenvalue weighted by atomic mass is 9.99. The van der Waals surface area contributed by atoms with E-state index in [2.05, 4.69) is 18.6 Å². The molecule has 0 aromatic heterocycles. The Labute approximate surface area is 147 Å². The molecule has 0 fully saturated rings. The molecule has 0 heterocycles. The van der Waals surface area contributed by atoms with Gasteiger partial charge in [-0.15, -0.1) is 0 Å². The van der Waals surface area contributed by atoms with Gasteiger partial charge in [-0.1, -0.05) is 26.0 Å². The number of halogens is 1. The first kappa shape index (κ1) is 19.1. The maximum absolute atomic E-state index is 14.2. The predicted octanol–water partition coefficient (Wildman–Crippen LogP) is 4.16. The second kappa shape index (κ2) is 7.74. The lowest BCUT2D eigenvalue weighted by Gasteiger charge is -2.14. The highest BCUT2D eigenvalue weighted by atomic mass is 32.2. The normalized spacial score (nSPS) is 12.5. The van der Waals surface area contributed by atoms with Crippen LogP contribution in [0, 0.1) is 5.82 Å². The summed E-state index contributed by atoms with van der Waals surface area (Å²) in [5.41, 5.74) is 0.849. The van der Waals surface area contributed by atoms with Crippen LogP contribution in [-0.2, 0) is 10.0 Å². The summed E-state index contributed by atoms with van der Waals surface area (Å²) in [5.74, 6) is 0.0000278. The lowest BCUT2D eigenvalue weighted by Crippen LogP contribution is -2.14. The minimum atomic E-state index is -3.92. The van der Waals surface area contributed by atoms with E-state index >= 15 is 0 Å². The molecule has 0 saturated carbocycles. The van der Waals surface area contributed by atoms with Crippen LogP contribution in [0.2, 0.25) is 0 Å². The summed E-state index contributed by atoms with van der Waals surface area (Å²) < 4.78 is 51.5. The highest BCUT2D eigenvalue weighted by molar-refractivity contribution is 7.92. The zero-order valence-corrected chi connectivity index (χ0v) is 15.5. The summed E-state index contributed by atoms with van der Waals surface area (Å²) in [5, 5.41) is 0. The molecule has 0 bridgehead atoms. The maximum atomic E-state index is 14.2.